The first-order valence-electron chi connectivity index (χ1n) is 8.15. The summed E-state index contributed by atoms with van der Waals surface area (Å²) in [7, 11) is 1.90. The fraction of sp³-hybridized carbons (Fsp3) is 0.0500. The van der Waals surface area contributed by atoms with Gasteiger partial charge >= 0.3 is 0 Å². The molecule has 0 aliphatic heterocycles. The summed E-state index contributed by atoms with van der Waals surface area (Å²) < 4.78 is 5.98. The zero-order valence-corrected chi connectivity index (χ0v) is 14.2. The highest BCUT2D eigenvalue weighted by Crippen LogP contribution is 2.35. The SMILES string of the molecule is CN(c1ccccc1)c1ncnc(Oc2cccc3cccnc23)c1N. The van der Waals surface area contributed by atoms with Crippen LogP contribution >= 0.6 is 0 Å². The molecule has 2 aromatic carbocycles. The molecule has 0 fully saturated rings. The van der Waals surface area contributed by atoms with Crippen molar-refractivity contribution in [3.8, 4) is 11.6 Å². The summed E-state index contributed by atoms with van der Waals surface area (Å²) in [6.45, 7) is 0. The number of anilines is 3. The van der Waals surface area contributed by atoms with Crippen molar-refractivity contribution in [1.29, 1.82) is 0 Å². The van der Waals surface area contributed by atoms with Gasteiger partial charge in [-0.05, 0) is 24.3 Å². The number of hydrogen-bond donors (Lipinski definition) is 1. The number of nitrogen functional groups attached to an aromatic ring is 1. The fourth-order valence-electron chi connectivity index (χ4n) is 2.76. The Bertz CT molecular complexity index is 1050. The van der Waals surface area contributed by atoms with Gasteiger partial charge in [-0.15, -0.1) is 0 Å². The molecule has 6 heteroatoms. The maximum atomic E-state index is 6.30. The van der Waals surface area contributed by atoms with Gasteiger partial charge in [-0.1, -0.05) is 36.4 Å². The topological polar surface area (TPSA) is 77.2 Å². The van der Waals surface area contributed by atoms with E-state index in [1.54, 1.807) is 6.20 Å². The number of rotatable bonds is 4. The third kappa shape index (κ3) is 2.88. The van der Waals surface area contributed by atoms with Gasteiger partial charge in [-0.3, -0.25) is 4.98 Å². The Kier molecular flexibility index (Phi) is 4.07. The van der Waals surface area contributed by atoms with E-state index >= 15 is 0 Å². The van der Waals surface area contributed by atoms with E-state index < -0.39 is 0 Å². The molecule has 0 amide bonds. The Labute approximate surface area is 150 Å². The van der Waals surface area contributed by atoms with Crippen LogP contribution in [0, 0.1) is 0 Å². The van der Waals surface area contributed by atoms with Gasteiger partial charge in [0.05, 0.1) is 0 Å². The lowest BCUT2D eigenvalue weighted by molar-refractivity contribution is 0.468. The zero-order valence-electron chi connectivity index (χ0n) is 14.2. The monoisotopic (exact) mass is 343 g/mol. The normalized spacial score (nSPS) is 10.7. The Balaban J connectivity index is 1.72. The van der Waals surface area contributed by atoms with E-state index in [0.29, 0.717) is 23.1 Å². The molecular weight excluding hydrogens is 326 g/mol. The van der Waals surface area contributed by atoms with Crippen molar-refractivity contribution in [1.82, 2.24) is 15.0 Å². The number of para-hydroxylation sites is 2. The van der Waals surface area contributed by atoms with Crippen molar-refractivity contribution in [2.45, 2.75) is 0 Å². The highest BCUT2D eigenvalue weighted by Gasteiger charge is 2.16. The summed E-state index contributed by atoms with van der Waals surface area (Å²) in [6, 6.07) is 19.4. The Morgan fingerprint density at radius 1 is 0.885 bits per heavy atom. The maximum Gasteiger partial charge on any atom is 0.248 e. The van der Waals surface area contributed by atoms with Crippen molar-refractivity contribution < 1.29 is 4.74 Å². The van der Waals surface area contributed by atoms with Crippen molar-refractivity contribution in [3.63, 3.8) is 0 Å². The third-order valence-electron chi connectivity index (χ3n) is 4.09. The van der Waals surface area contributed by atoms with E-state index in [9.17, 15) is 0 Å². The predicted molar refractivity (Wildman–Crippen MR) is 103 cm³/mol. The van der Waals surface area contributed by atoms with E-state index in [0.717, 1.165) is 16.6 Å². The second-order valence-corrected chi connectivity index (χ2v) is 5.74. The fourth-order valence-corrected chi connectivity index (χ4v) is 2.76. The highest BCUT2D eigenvalue weighted by molar-refractivity contribution is 5.85. The summed E-state index contributed by atoms with van der Waals surface area (Å²) in [5, 5.41) is 0.985. The third-order valence-corrected chi connectivity index (χ3v) is 4.09. The van der Waals surface area contributed by atoms with Crippen molar-refractivity contribution in [3.05, 3.63) is 73.2 Å². The standard InChI is InChI=1S/C20H17N5O/c1-25(15-9-3-2-4-10-15)19-17(21)20(24-13-23-19)26-16-11-5-7-14-8-6-12-22-18(14)16/h2-13H,21H2,1H3. The number of ether oxygens (including phenoxy) is 1. The molecule has 2 N–H and O–H groups in total. The number of nitrogens with zero attached hydrogens (tertiary/aromatic N) is 4. The second-order valence-electron chi connectivity index (χ2n) is 5.74. The molecule has 0 saturated heterocycles. The average molecular weight is 343 g/mol. The Morgan fingerprint density at radius 3 is 2.54 bits per heavy atom. The molecule has 0 spiro atoms. The van der Waals surface area contributed by atoms with Gasteiger partial charge in [0.15, 0.2) is 11.6 Å². The minimum Gasteiger partial charge on any atom is -0.435 e. The van der Waals surface area contributed by atoms with Crippen LogP contribution < -0.4 is 15.4 Å². The minimum absolute atomic E-state index is 0.302. The molecular formula is C20H17N5O. The number of nitrogens with two attached hydrogens (primary N) is 1. The van der Waals surface area contributed by atoms with Crippen LogP contribution in [0.1, 0.15) is 0 Å². The molecule has 0 aliphatic carbocycles. The second kappa shape index (κ2) is 6.68. The Hall–Kier alpha value is -3.67. The van der Waals surface area contributed by atoms with Crippen LogP contribution in [0.3, 0.4) is 0 Å². The summed E-state index contributed by atoms with van der Waals surface area (Å²) in [5.74, 6) is 1.48. The predicted octanol–water partition coefficient (Wildman–Crippen LogP) is 4.17. The van der Waals surface area contributed by atoms with Crippen LogP contribution in [0.15, 0.2) is 73.2 Å². The number of fused-ring (bicyclic) bond motifs is 1. The highest BCUT2D eigenvalue weighted by atomic mass is 16.5. The van der Waals surface area contributed by atoms with Crippen LogP contribution in [0.2, 0.25) is 0 Å². The molecule has 0 saturated carbocycles. The summed E-state index contributed by atoms with van der Waals surface area (Å²) >= 11 is 0. The van der Waals surface area contributed by atoms with Gasteiger partial charge in [-0.2, -0.15) is 4.98 Å². The average Bonchev–Trinajstić information content (AvgIpc) is 2.70. The Morgan fingerprint density at radius 2 is 1.69 bits per heavy atom. The molecule has 2 aromatic heterocycles. The maximum absolute atomic E-state index is 6.30. The smallest absolute Gasteiger partial charge is 0.248 e. The van der Waals surface area contributed by atoms with Gasteiger partial charge in [0.2, 0.25) is 5.88 Å². The quantitative estimate of drug-likeness (QED) is 0.599. The number of benzene rings is 2. The number of pyridine rings is 1. The lowest BCUT2D eigenvalue weighted by Gasteiger charge is -2.20. The first-order valence-corrected chi connectivity index (χ1v) is 8.15. The molecule has 128 valence electrons. The van der Waals surface area contributed by atoms with E-state index in [-0.39, 0.29) is 0 Å². The van der Waals surface area contributed by atoms with Gasteiger partial charge in [0.25, 0.3) is 0 Å². The van der Waals surface area contributed by atoms with E-state index in [4.69, 9.17) is 10.5 Å². The largest absolute Gasteiger partial charge is 0.435 e. The molecule has 0 atom stereocenters. The van der Waals surface area contributed by atoms with Gasteiger partial charge < -0.3 is 15.4 Å². The van der Waals surface area contributed by atoms with Gasteiger partial charge in [0, 0.05) is 24.3 Å². The van der Waals surface area contributed by atoms with E-state index in [1.165, 1.54) is 6.33 Å². The molecule has 4 aromatic rings. The lowest BCUT2D eigenvalue weighted by atomic mass is 10.2. The van der Waals surface area contributed by atoms with Crippen LogP contribution in [0.5, 0.6) is 11.6 Å². The molecule has 26 heavy (non-hydrogen) atoms. The number of hydrogen-bond acceptors (Lipinski definition) is 6. The van der Waals surface area contributed by atoms with Crippen molar-refractivity contribution in [2.75, 3.05) is 17.7 Å². The van der Waals surface area contributed by atoms with Crippen LogP contribution in [0.25, 0.3) is 10.9 Å². The summed E-state index contributed by atoms with van der Waals surface area (Å²) in [5.41, 5.74) is 8.39. The van der Waals surface area contributed by atoms with Gasteiger partial charge in [-0.25, -0.2) is 4.98 Å². The van der Waals surface area contributed by atoms with E-state index in [1.807, 2.05) is 72.6 Å². The molecule has 4 rings (SSSR count). The van der Waals surface area contributed by atoms with E-state index in [2.05, 4.69) is 15.0 Å². The molecule has 0 bridgehead atoms. The first kappa shape index (κ1) is 15.8. The lowest BCUT2D eigenvalue weighted by Crippen LogP contribution is -2.14. The first-order chi connectivity index (χ1) is 12.7. The van der Waals surface area contributed by atoms with Crippen molar-refractivity contribution in [2.24, 2.45) is 0 Å². The molecule has 2 heterocycles. The molecule has 6 nitrogen and oxygen atoms in total. The zero-order chi connectivity index (χ0) is 17.9. The van der Waals surface area contributed by atoms with Crippen LogP contribution in [0.4, 0.5) is 17.2 Å². The summed E-state index contributed by atoms with van der Waals surface area (Å²) in [4.78, 5) is 14.8. The minimum atomic E-state index is 0.302. The molecule has 0 radical (unpaired) electrons. The summed E-state index contributed by atoms with van der Waals surface area (Å²) in [6.07, 6.45) is 3.17. The number of aromatic nitrogens is 3. The van der Waals surface area contributed by atoms with Crippen molar-refractivity contribution >= 4 is 28.1 Å². The van der Waals surface area contributed by atoms with Gasteiger partial charge in [0.1, 0.15) is 17.5 Å². The van der Waals surface area contributed by atoms with Crippen LogP contribution in [-0.4, -0.2) is 22.0 Å². The molecule has 0 aliphatic rings. The van der Waals surface area contributed by atoms with Crippen LogP contribution in [-0.2, 0) is 0 Å². The molecule has 0 unspecified atom stereocenters.